The summed E-state index contributed by atoms with van der Waals surface area (Å²) in [4.78, 5) is 14.1. The second-order valence-electron chi connectivity index (χ2n) is 2.34. The van der Waals surface area contributed by atoms with Crippen LogP contribution in [-0.2, 0) is 11.2 Å². The maximum absolute atomic E-state index is 9.95. The molecule has 1 rings (SSSR count). The topological polar surface area (TPSA) is 30.0 Å². The van der Waals surface area contributed by atoms with Crippen molar-refractivity contribution in [1.82, 2.24) is 4.98 Å². The first-order valence-corrected chi connectivity index (χ1v) is 4.63. The molecule has 0 bridgehead atoms. The van der Waals surface area contributed by atoms with Crippen LogP contribution >= 0.6 is 11.3 Å². The van der Waals surface area contributed by atoms with Crippen LogP contribution in [0.3, 0.4) is 0 Å². The number of aromatic nitrogens is 1. The zero-order chi connectivity index (χ0) is 7.94. The summed E-state index contributed by atoms with van der Waals surface area (Å²) in [6.45, 7) is 0. The third-order valence-corrected chi connectivity index (χ3v) is 2.29. The van der Waals surface area contributed by atoms with Crippen molar-refractivity contribution in [3.63, 3.8) is 0 Å². The van der Waals surface area contributed by atoms with Gasteiger partial charge < -0.3 is 4.79 Å². The minimum absolute atomic E-state index is 0.686. The van der Waals surface area contributed by atoms with Gasteiger partial charge in [0.15, 0.2) is 0 Å². The highest BCUT2D eigenvalue weighted by Crippen LogP contribution is 2.08. The molecule has 60 valence electrons. The van der Waals surface area contributed by atoms with Gasteiger partial charge in [0.05, 0.1) is 5.01 Å². The second kappa shape index (κ2) is 5.02. The van der Waals surface area contributed by atoms with E-state index in [4.69, 9.17) is 0 Å². The number of carbonyl (C=O) groups is 1. The monoisotopic (exact) mass is 169 g/mol. The van der Waals surface area contributed by atoms with E-state index in [0.29, 0.717) is 6.42 Å². The first-order chi connectivity index (χ1) is 5.43. The minimum Gasteiger partial charge on any atom is -0.303 e. The molecule has 0 aliphatic heterocycles. The van der Waals surface area contributed by atoms with Crippen molar-refractivity contribution in [3.8, 4) is 0 Å². The Hall–Kier alpha value is -0.700. The molecule has 3 heteroatoms. The SMILES string of the molecule is O=CCCCCc1nccs1. The lowest BCUT2D eigenvalue weighted by Crippen LogP contribution is -1.84. The number of aldehydes is 1. The van der Waals surface area contributed by atoms with Gasteiger partial charge >= 0.3 is 0 Å². The van der Waals surface area contributed by atoms with Gasteiger partial charge in [0.1, 0.15) is 6.29 Å². The molecular weight excluding hydrogens is 158 g/mol. The molecule has 2 nitrogen and oxygen atoms in total. The van der Waals surface area contributed by atoms with E-state index in [-0.39, 0.29) is 0 Å². The molecule has 0 aromatic carbocycles. The molecule has 0 atom stereocenters. The molecule has 1 aromatic heterocycles. The van der Waals surface area contributed by atoms with Crippen molar-refractivity contribution >= 4 is 17.6 Å². The number of thiazole rings is 1. The number of aryl methyl sites for hydroxylation is 1. The summed E-state index contributed by atoms with van der Waals surface area (Å²) in [7, 11) is 0. The van der Waals surface area contributed by atoms with E-state index >= 15 is 0 Å². The molecule has 0 N–H and O–H groups in total. The van der Waals surface area contributed by atoms with Crippen LogP contribution in [0, 0.1) is 0 Å². The van der Waals surface area contributed by atoms with Gasteiger partial charge in [-0.15, -0.1) is 11.3 Å². The van der Waals surface area contributed by atoms with Crippen molar-refractivity contribution in [3.05, 3.63) is 16.6 Å². The molecule has 0 amide bonds. The minimum atomic E-state index is 0.686. The Balaban J connectivity index is 2.09. The van der Waals surface area contributed by atoms with E-state index in [1.807, 2.05) is 11.6 Å². The van der Waals surface area contributed by atoms with E-state index in [1.165, 1.54) is 5.01 Å². The van der Waals surface area contributed by atoms with Gasteiger partial charge in [-0.05, 0) is 19.3 Å². The summed E-state index contributed by atoms with van der Waals surface area (Å²) < 4.78 is 0. The Bertz CT molecular complexity index is 196. The molecule has 11 heavy (non-hydrogen) atoms. The Morgan fingerprint density at radius 1 is 1.55 bits per heavy atom. The summed E-state index contributed by atoms with van der Waals surface area (Å²) in [5.41, 5.74) is 0. The summed E-state index contributed by atoms with van der Waals surface area (Å²) >= 11 is 1.68. The average Bonchev–Trinajstić information content (AvgIpc) is 2.50. The molecule has 0 saturated carbocycles. The van der Waals surface area contributed by atoms with Gasteiger partial charge in [-0.2, -0.15) is 0 Å². The molecule has 1 heterocycles. The van der Waals surface area contributed by atoms with Crippen LogP contribution in [0.5, 0.6) is 0 Å². The number of hydrogen-bond acceptors (Lipinski definition) is 3. The smallest absolute Gasteiger partial charge is 0.119 e. The van der Waals surface area contributed by atoms with Crippen molar-refractivity contribution in [1.29, 1.82) is 0 Å². The lowest BCUT2D eigenvalue weighted by Gasteiger charge is -1.92. The van der Waals surface area contributed by atoms with Gasteiger partial charge in [0, 0.05) is 18.0 Å². The quantitative estimate of drug-likeness (QED) is 0.499. The van der Waals surface area contributed by atoms with E-state index in [9.17, 15) is 4.79 Å². The highest BCUT2D eigenvalue weighted by Gasteiger charge is 1.93. The van der Waals surface area contributed by atoms with Gasteiger partial charge in [-0.25, -0.2) is 4.98 Å². The van der Waals surface area contributed by atoms with E-state index in [1.54, 1.807) is 11.3 Å². The van der Waals surface area contributed by atoms with Crippen LogP contribution in [-0.4, -0.2) is 11.3 Å². The number of hydrogen-bond donors (Lipinski definition) is 0. The lowest BCUT2D eigenvalue weighted by atomic mass is 10.2. The summed E-state index contributed by atoms with van der Waals surface area (Å²) in [6, 6.07) is 0. The fraction of sp³-hybridized carbons (Fsp3) is 0.500. The predicted octanol–water partition coefficient (Wildman–Crippen LogP) is 2.05. The maximum Gasteiger partial charge on any atom is 0.119 e. The highest BCUT2D eigenvalue weighted by molar-refractivity contribution is 7.09. The van der Waals surface area contributed by atoms with Crippen molar-refractivity contribution in [2.45, 2.75) is 25.7 Å². The Labute approximate surface area is 70.3 Å². The molecule has 0 spiro atoms. The Morgan fingerprint density at radius 3 is 3.09 bits per heavy atom. The third-order valence-electron chi connectivity index (χ3n) is 1.45. The molecule has 0 unspecified atom stereocenters. The fourth-order valence-corrected chi connectivity index (χ4v) is 1.54. The Kier molecular flexibility index (Phi) is 3.83. The number of carbonyl (C=O) groups excluding carboxylic acids is 1. The average molecular weight is 169 g/mol. The standard InChI is InChI=1S/C8H11NOS/c10-6-3-1-2-4-8-9-5-7-11-8/h5-7H,1-4H2. The molecule has 0 radical (unpaired) electrons. The summed E-state index contributed by atoms with van der Waals surface area (Å²) in [6.07, 6.45) is 6.56. The first-order valence-electron chi connectivity index (χ1n) is 3.75. The first kappa shape index (κ1) is 8.40. The number of nitrogens with zero attached hydrogens (tertiary/aromatic N) is 1. The van der Waals surface area contributed by atoms with E-state index in [2.05, 4.69) is 4.98 Å². The summed E-state index contributed by atoms with van der Waals surface area (Å²) in [5, 5.41) is 3.16. The number of unbranched alkanes of at least 4 members (excludes halogenated alkanes) is 2. The molecule has 1 aromatic rings. The van der Waals surface area contributed by atoms with E-state index in [0.717, 1.165) is 25.5 Å². The van der Waals surface area contributed by atoms with Crippen LogP contribution < -0.4 is 0 Å². The van der Waals surface area contributed by atoms with Gasteiger partial charge in [-0.3, -0.25) is 0 Å². The molecule has 0 aliphatic rings. The van der Waals surface area contributed by atoms with Crippen LogP contribution in [0.15, 0.2) is 11.6 Å². The maximum atomic E-state index is 9.95. The van der Waals surface area contributed by atoms with Crippen LogP contribution in [0.25, 0.3) is 0 Å². The fourth-order valence-electron chi connectivity index (χ4n) is 0.880. The van der Waals surface area contributed by atoms with Gasteiger partial charge in [-0.1, -0.05) is 0 Å². The van der Waals surface area contributed by atoms with E-state index < -0.39 is 0 Å². The molecule has 0 aliphatic carbocycles. The summed E-state index contributed by atoms with van der Waals surface area (Å²) in [5.74, 6) is 0. The number of rotatable bonds is 5. The lowest BCUT2D eigenvalue weighted by molar-refractivity contribution is -0.107. The second-order valence-corrected chi connectivity index (χ2v) is 3.32. The van der Waals surface area contributed by atoms with Gasteiger partial charge in [0.25, 0.3) is 0 Å². The van der Waals surface area contributed by atoms with Crippen molar-refractivity contribution in [2.75, 3.05) is 0 Å². The molecule has 0 saturated heterocycles. The molecular formula is C8H11NOS. The normalized spacial score (nSPS) is 9.82. The van der Waals surface area contributed by atoms with Crippen LogP contribution in [0.1, 0.15) is 24.3 Å². The highest BCUT2D eigenvalue weighted by atomic mass is 32.1. The third kappa shape index (κ3) is 3.28. The Morgan fingerprint density at radius 2 is 2.45 bits per heavy atom. The largest absolute Gasteiger partial charge is 0.303 e. The molecule has 0 fully saturated rings. The zero-order valence-electron chi connectivity index (χ0n) is 6.32. The van der Waals surface area contributed by atoms with Crippen molar-refractivity contribution in [2.24, 2.45) is 0 Å². The van der Waals surface area contributed by atoms with Crippen molar-refractivity contribution < 1.29 is 4.79 Å². The predicted molar refractivity (Wildman–Crippen MR) is 45.7 cm³/mol. The zero-order valence-corrected chi connectivity index (χ0v) is 7.14. The van der Waals surface area contributed by atoms with Crippen LogP contribution in [0.4, 0.5) is 0 Å². The van der Waals surface area contributed by atoms with Crippen LogP contribution in [0.2, 0.25) is 0 Å². The van der Waals surface area contributed by atoms with Gasteiger partial charge in [0.2, 0.25) is 0 Å².